The number of imide groups is 1. The maximum atomic E-state index is 12.7. The van der Waals surface area contributed by atoms with Gasteiger partial charge in [-0.25, -0.2) is 9.59 Å². The quantitative estimate of drug-likeness (QED) is 0.659. The van der Waals surface area contributed by atoms with E-state index >= 15 is 0 Å². The van der Waals surface area contributed by atoms with Crippen molar-refractivity contribution in [2.24, 2.45) is 0 Å². The molecule has 3 aromatic carbocycles. The van der Waals surface area contributed by atoms with Crippen LogP contribution in [-0.4, -0.2) is 23.1 Å². The van der Waals surface area contributed by atoms with Gasteiger partial charge in [0, 0.05) is 16.9 Å². The lowest BCUT2D eigenvalue weighted by atomic mass is 10.2. The van der Waals surface area contributed by atoms with Crippen LogP contribution in [0.15, 0.2) is 91.0 Å². The van der Waals surface area contributed by atoms with Gasteiger partial charge in [-0.3, -0.25) is 10.1 Å². The minimum absolute atomic E-state index is 0.193. The van der Waals surface area contributed by atoms with Crippen LogP contribution >= 0.6 is 0 Å². The topological polar surface area (TPSA) is 87.7 Å². The molecule has 0 aromatic heterocycles. The molecule has 3 aromatic rings. The number of urea groups is 1. The highest BCUT2D eigenvalue weighted by atomic mass is 16.7. The molecule has 4 amide bonds. The summed E-state index contributed by atoms with van der Waals surface area (Å²) in [5.41, 5.74) is 1.10. The van der Waals surface area contributed by atoms with Gasteiger partial charge in [0.2, 0.25) is 0 Å². The second kappa shape index (κ2) is 9.00. The maximum absolute atomic E-state index is 12.7. The molecule has 2 N–H and O–H groups in total. The van der Waals surface area contributed by atoms with Gasteiger partial charge in [-0.2, -0.15) is 0 Å². The van der Waals surface area contributed by atoms with Crippen LogP contribution in [0.3, 0.4) is 0 Å². The molecule has 0 aliphatic carbocycles. The summed E-state index contributed by atoms with van der Waals surface area (Å²) in [4.78, 5) is 42.6. The Hall–Kier alpha value is -4.13. The van der Waals surface area contributed by atoms with Crippen LogP contribution in [0.2, 0.25) is 0 Å². The number of hydrogen-bond donors (Lipinski definition) is 2. The third-order valence-corrected chi connectivity index (χ3v) is 3.61. The molecule has 0 saturated heterocycles. The molecule has 0 spiro atoms. The van der Waals surface area contributed by atoms with Crippen molar-refractivity contribution in [1.82, 2.24) is 5.06 Å². The third-order valence-electron chi connectivity index (χ3n) is 3.61. The normalized spacial score (nSPS) is 9.86. The molecule has 0 atom stereocenters. The van der Waals surface area contributed by atoms with Crippen molar-refractivity contribution >= 4 is 29.4 Å². The van der Waals surface area contributed by atoms with Crippen LogP contribution in [0.1, 0.15) is 10.4 Å². The van der Waals surface area contributed by atoms with E-state index < -0.39 is 18.0 Å². The second-order valence-electron chi connectivity index (χ2n) is 5.63. The predicted octanol–water partition coefficient (Wildman–Crippen LogP) is 4.52. The van der Waals surface area contributed by atoms with Crippen LogP contribution in [0.5, 0.6) is 0 Å². The summed E-state index contributed by atoms with van der Waals surface area (Å²) in [7, 11) is 0. The molecule has 7 nitrogen and oxygen atoms in total. The van der Waals surface area contributed by atoms with E-state index in [-0.39, 0.29) is 5.56 Å². The minimum atomic E-state index is -0.973. The molecule has 140 valence electrons. The van der Waals surface area contributed by atoms with Gasteiger partial charge in [0.05, 0.1) is 0 Å². The molecule has 0 saturated carbocycles. The smallest absolute Gasteiger partial charge is 0.309 e. The molecule has 0 heterocycles. The van der Waals surface area contributed by atoms with E-state index in [9.17, 15) is 14.4 Å². The van der Waals surface area contributed by atoms with Gasteiger partial charge in [0.1, 0.15) is 0 Å². The first-order valence-electron chi connectivity index (χ1n) is 8.43. The summed E-state index contributed by atoms with van der Waals surface area (Å²) in [5, 5.41) is 5.37. The maximum Gasteiger partial charge on any atom is 0.436 e. The van der Waals surface area contributed by atoms with Gasteiger partial charge in [0.25, 0.3) is 5.91 Å². The first kappa shape index (κ1) is 18.7. The predicted molar refractivity (Wildman–Crippen MR) is 105 cm³/mol. The Morgan fingerprint density at radius 3 is 1.64 bits per heavy atom. The average molecular weight is 375 g/mol. The number of carbonyl (C=O) groups excluding carboxylic acids is 3. The van der Waals surface area contributed by atoms with Gasteiger partial charge in [-0.15, -0.1) is 0 Å². The first-order chi connectivity index (χ1) is 13.6. The fourth-order valence-corrected chi connectivity index (χ4v) is 2.31. The molecular formula is C21H17N3O4. The lowest BCUT2D eigenvalue weighted by Gasteiger charge is -2.20. The number of anilines is 2. The third kappa shape index (κ3) is 4.95. The summed E-state index contributed by atoms with van der Waals surface area (Å²) in [6.07, 6.45) is -0.973. The number of rotatable bonds is 3. The van der Waals surface area contributed by atoms with Gasteiger partial charge in [-0.05, 0) is 36.4 Å². The van der Waals surface area contributed by atoms with Crippen LogP contribution < -0.4 is 10.6 Å². The number of hydroxylamine groups is 2. The summed E-state index contributed by atoms with van der Waals surface area (Å²) >= 11 is 0. The molecule has 0 bridgehead atoms. The standard InChI is InChI=1S/C21H17N3O4/c25-19(16-10-4-1-5-11-16)24(20(26)22-17-12-6-2-7-13-17)28-21(27)23-18-14-8-3-9-15-18/h1-15H,(H,22,26)(H,23,27). The van der Waals surface area contributed by atoms with E-state index in [1.807, 2.05) is 0 Å². The molecule has 7 heteroatoms. The molecule has 0 aliphatic rings. The second-order valence-corrected chi connectivity index (χ2v) is 5.63. The Morgan fingerprint density at radius 2 is 1.11 bits per heavy atom. The summed E-state index contributed by atoms with van der Waals surface area (Å²) in [6, 6.07) is 24.2. The average Bonchev–Trinajstić information content (AvgIpc) is 2.73. The largest absolute Gasteiger partial charge is 0.436 e. The Kier molecular flexibility index (Phi) is 5.99. The van der Waals surface area contributed by atoms with Crippen molar-refractivity contribution in [3.63, 3.8) is 0 Å². The number of para-hydroxylation sites is 2. The van der Waals surface area contributed by atoms with Gasteiger partial charge in [0.15, 0.2) is 0 Å². The SMILES string of the molecule is O=C(Nc1ccccc1)ON(C(=O)Nc1ccccc1)C(=O)c1ccccc1. The van der Waals surface area contributed by atoms with E-state index in [0.717, 1.165) is 0 Å². The Labute approximate surface area is 161 Å². The van der Waals surface area contributed by atoms with Crippen molar-refractivity contribution < 1.29 is 19.2 Å². The number of amides is 4. The van der Waals surface area contributed by atoms with Crippen molar-refractivity contribution in [3.8, 4) is 0 Å². The Balaban J connectivity index is 1.78. The zero-order valence-electron chi connectivity index (χ0n) is 14.7. The van der Waals surface area contributed by atoms with E-state index in [1.165, 1.54) is 12.1 Å². The molecule has 0 fully saturated rings. The van der Waals surface area contributed by atoms with Gasteiger partial charge >= 0.3 is 12.1 Å². The fraction of sp³-hybridized carbons (Fsp3) is 0. The molecule has 0 aliphatic heterocycles. The molecule has 28 heavy (non-hydrogen) atoms. The minimum Gasteiger partial charge on any atom is -0.309 e. The summed E-state index contributed by atoms with van der Waals surface area (Å²) in [5.74, 6) is -0.780. The highest BCUT2D eigenvalue weighted by Crippen LogP contribution is 2.12. The molecular weight excluding hydrogens is 358 g/mol. The summed E-state index contributed by atoms with van der Waals surface area (Å²) < 4.78 is 0. The Morgan fingerprint density at radius 1 is 0.643 bits per heavy atom. The van der Waals surface area contributed by atoms with E-state index in [1.54, 1.807) is 78.9 Å². The lowest BCUT2D eigenvalue weighted by Crippen LogP contribution is -2.42. The zero-order valence-corrected chi connectivity index (χ0v) is 14.7. The number of nitrogens with one attached hydrogen (secondary N) is 2. The summed E-state index contributed by atoms with van der Waals surface area (Å²) in [6.45, 7) is 0. The van der Waals surface area contributed by atoms with E-state index in [4.69, 9.17) is 4.84 Å². The van der Waals surface area contributed by atoms with E-state index in [0.29, 0.717) is 16.4 Å². The zero-order chi connectivity index (χ0) is 19.8. The van der Waals surface area contributed by atoms with Crippen molar-refractivity contribution in [2.45, 2.75) is 0 Å². The number of benzene rings is 3. The van der Waals surface area contributed by atoms with Gasteiger partial charge < -0.3 is 10.2 Å². The highest BCUT2D eigenvalue weighted by Gasteiger charge is 2.28. The van der Waals surface area contributed by atoms with Crippen molar-refractivity contribution in [2.75, 3.05) is 10.6 Å². The molecule has 0 unspecified atom stereocenters. The van der Waals surface area contributed by atoms with Gasteiger partial charge in [-0.1, -0.05) is 59.7 Å². The number of carbonyl (C=O) groups is 3. The Bertz CT molecular complexity index is 947. The van der Waals surface area contributed by atoms with Crippen LogP contribution in [0.25, 0.3) is 0 Å². The number of nitrogens with zero attached hydrogens (tertiary/aromatic N) is 1. The highest BCUT2D eigenvalue weighted by molar-refractivity contribution is 6.07. The lowest BCUT2D eigenvalue weighted by molar-refractivity contribution is -0.0280. The first-order valence-corrected chi connectivity index (χ1v) is 8.43. The van der Waals surface area contributed by atoms with Crippen LogP contribution in [0, 0.1) is 0 Å². The molecule has 0 radical (unpaired) electrons. The van der Waals surface area contributed by atoms with Crippen molar-refractivity contribution in [3.05, 3.63) is 96.6 Å². The van der Waals surface area contributed by atoms with E-state index in [2.05, 4.69) is 10.6 Å². The fourth-order valence-electron chi connectivity index (χ4n) is 2.31. The monoisotopic (exact) mass is 375 g/mol. The van der Waals surface area contributed by atoms with Crippen LogP contribution in [0.4, 0.5) is 21.0 Å². The molecule has 3 rings (SSSR count). The van der Waals surface area contributed by atoms with Crippen LogP contribution in [-0.2, 0) is 4.84 Å². The van der Waals surface area contributed by atoms with Crippen molar-refractivity contribution in [1.29, 1.82) is 0 Å². The number of hydrogen-bond acceptors (Lipinski definition) is 4.